The van der Waals surface area contributed by atoms with Crippen molar-refractivity contribution in [3.63, 3.8) is 0 Å². The van der Waals surface area contributed by atoms with Gasteiger partial charge in [0.2, 0.25) is 10.0 Å². The van der Waals surface area contributed by atoms with E-state index in [1.165, 1.54) is 12.1 Å². The van der Waals surface area contributed by atoms with Crippen molar-refractivity contribution in [1.29, 1.82) is 0 Å². The summed E-state index contributed by atoms with van der Waals surface area (Å²) in [5.41, 5.74) is 1.03. The van der Waals surface area contributed by atoms with Gasteiger partial charge < -0.3 is 0 Å². The molecule has 0 saturated carbocycles. The molecule has 0 heterocycles. The van der Waals surface area contributed by atoms with Crippen LogP contribution in [0.4, 0.5) is 0 Å². The van der Waals surface area contributed by atoms with Gasteiger partial charge in [0.25, 0.3) is 0 Å². The summed E-state index contributed by atoms with van der Waals surface area (Å²) in [6, 6.07) is 11.9. The summed E-state index contributed by atoms with van der Waals surface area (Å²) in [7, 11) is -3.67. The molecule has 0 fully saturated rings. The number of thioether (sulfide) groups is 1. The number of rotatable bonds is 7. The molecule has 3 nitrogen and oxygen atoms in total. The summed E-state index contributed by atoms with van der Waals surface area (Å²) in [6.45, 7) is 0.292. The van der Waals surface area contributed by atoms with E-state index in [0.29, 0.717) is 22.3 Å². The Balaban J connectivity index is 1.86. The van der Waals surface area contributed by atoms with Crippen molar-refractivity contribution >= 4 is 56.6 Å². The van der Waals surface area contributed by atoms with Crippen molar-refractivity contribution in [3.8, 4) is 0 Å². The highest BCUT2D eigenvalue weighted by atomic mass is 35.5. The van der Waals surface area contributed by atoms with E-state index in [4.69, 9.17) is 34.8 Å². The summed E-state index contributed by atoms with van der Waals surface area (Å²) in [4.78, 5) is -0.0113. The van der Waals surface area contributed by atoms with Gasteiger partial charge in [-0.3, -0.25) is 0 Å². The first-order chi connectivity index (χ1) is 10.9. The van der Waals surface area contributed by atoms with Crippen LogP contribution in [0.1, 0.15) is 5.56 Å². The first-order valence-electron chi connectivity index (χ1n) is 6.66. The Morgan fingerprint density at radius 3 is 2.48 bits per heavy atom. The normalized spacial score (nSPS) is 11.6. The minimum Gasteiger partial charge on any atom is -0.210 e. The number of hydrogen-bond acceptors (Lipinski definition) is 3. The van der Waals surface area contributed by atoms with Crippen LogP contribution in [0.2, 0.25) is 15.1 Å². The predicted octanol–water partition coefficient (Wildman–Crippen LogP) is 4.86. The summed E-state index contributed by atoms with van der Waals surface area (Å²) in [6.07, 6.45) is 0. The molecule has 124 valence electrons. The lowest BCUT2D eigenvalue weighted by Gasteiger charge is -2.09. The molecule has 0 aliphatic rings. The molecule has 0 atom stereocenters. The maximum absolute atomic E-state index is 12.2. The van der Waals surface area contributed by atoms with E-state index in [0.717, 1.165) is 11.3 Å². The Morgan fingerprint density at radius 2 is 1.74 bits per heavy atom. The fourth-order valence-corrected chi connectivity index (χ4v) is 4.87. The van der Waals surface area contributed by atoms with Gasteiger partial charge >= 0.3 is 0 Å². The van der Waals surface area contributed by atoms with Gasteiger partial charge in [0.1, 0.15) is 4.90 Å². The molecular formula is C15H14Cl3NO2S2. The smallest absolute Gasteiger partial charge is 0.210 e. The molecule has 0 amide bonds. The number of hydrogen-bond donors (Lipinski definition) is 1. The zero-order chi connectivity index (χ0) is 16.9. The van der Waals surface area contributed by atoms with Crippen molar-refractivity contribution in [2.75, 3.05) is 12.3 Å². The molecular weight excluding hydrogens is 397 g/mol. The van der Waals surface area contributed by atoms with Crippen LogP contribution >= 0.6 is 46.6 Å². The molecule has 0 aromatic heterocycles. The molecule has 23 heavy (non-hydrogen) atoms. The fraction of sp³-hybridized carbons (Fsp3) is 0.200. The highest BCUT2D eigenvalue weighted by Crippen LogP contribution is 2.25. The highest BCUT2D eigenvalue weighted by Gasteiger charge is 2.17. The molecule has 0 unspecified atom stereocenters. The third-order valence-electron chi connectivity index (χ3n) is 2.94. The molecule has 1 N–H and O–H groups in total. The number of halogens is 3. The quantitative estimate of drug-likeness (QED) is 0.663. The second-order valence-corrected chi connectivity index (χ2v) is 8.71. The number of nitrogens with one attached hydrogen (secondary N) is 1. The maximum Gasteiger partial charge on any atom is 0.242 e. The van der Waals surface area contributed by atoms with Crippen molar-refractivity contribution in [3.05, 3.63) is 63.1 Å². The summed E-state index contributed by atoms with van der Waals surface area (Å²) in [5, 5.41) is 1.18. The Labute approximate surface area is 155 Å². The summed E-state index contributed by atoms with van der Waals surface area (Å²) < 4.78 is 26.9. The van der Waals surface area contributed by atoms with E-state index >= 15 is 0 Å². The average Bonchev–Trinajstić information content (AvgIpc) is 2.51. The molecule has 2 rings (SSSR count). The molecule has 0 aliphatic heterocycles. The maximum atomic E-state index is 12.2. The average molecular weight is 411 g/mol. The summed E-state index contributed by atoms with van der Waals surface area (Å²) in [5.74, 6) is 1.34. The molecule has 2 aromatic rings. The van der Waals surface area contributed by atoms with Gasteiger partial charge in [-0.05, 0) is 29.8 Å². The molecule has 0 bridgehead atoms. The predicted molar refractivity (Wildman–Crippen MR) is 99.3 cm³/mol. The standard InChI is InChI=1S/C15H14Cl3NO2S2/c16-12-5-6-14(18)15(9-12)23(20,21)19-7-8-22-10-11-3-1-2-4-13(11)17/h1-6,9,19H,7-8,10H2. The van der Waals surface area contributed by atoms with E-state index in [2.05, 4.69) is 4.72 Å². The van der Waals surface area contributed by atoms with Crippen LogP contribution in [0.25, 0.3) is 0 Å². The number of sulfonamides is 1. The third kappa shape index (κ3) is 5.55. The lowest BCUT2D eigenvalue weighted by Crippen LogP contribution is -2.26. The van der Waals surface area contributed by atoms with E-state index in [-0.39, 0.29) is 9.92 Å². The zero-order valence-electron chi connectivity index (χ0n) is 11.9. The zero-order valence-corrected chi connectivity index (χ0v) is 15.8. The van der Waals surface area contributed by atoms with Gasteiger partial charge in [0.05, 0.1) is 5.02 Å². The van der Waals surface area contributed by atoms with Gasteiger partial charge in [0, 0.05) is 28.1 Å². The molecule has 0 radical (unpaired) electrons. The Kier molecular flexibility index (Phi) is 7.07. The van der Waals surface area contributed by atoms with E-state index in [1.807, 2.05) is 24.3 Å². The van der Waals surface area contributed by atoms with Gasteiger partial charge in [-0.1, -0.05) is 53.0 Å². The lowest BCUT2D eigenvalue weighted by molar-refractivity contribution is 0.584. The van der Waals surface area contributed by atoms with Crippen LogP contribution in [0, 0.1) is 0 Å². The van der Waals surface area contributed by atoms with Crippen LogP contribution < -0.4 is 4.72 Å². The number of benzene rings is 2. The first-order valence-corrected chi connectivity index (χ1v) is 10.4. The largest absolute Gasteiger partial charge is 0.242 e. The first kappa shape index (κ1) is 18.9. The van der Waals surface area contributed by atoms with Crippen LogP contribution in [-0.4, -0.2) is 20.7 Å². The van der Waals surface area contributed by atoms with Crippen LogP contribution in [-0.2, 0) is 15.8 Å². The van der Waals surface area contributed by atoms with Crippen LogP contribution in [0.3, 0.4) is 0 Å². The van der Waals surface area contributed by atoms with Gasteiger partial charge in [-0.2, -0.15) is 11.8 Å². The minimum atomic E-state index is -3.67. The molecule has 0 saturated heterocycles. The lowest BCUT2D eigenvalue weighted by atomic mass is 10.2. The van der Waals surface area contributed by atoms with Crippen LogP contribution in [0.15, 0.2) is 47.4 Å². The summed E-state index contributed by atoms with van der Waals surface area (Å²) >= 11 is 19.4. The van der Waals surface area contributed by atoms with Crippen LogP contribution in [0.5, 0.6) is 0 Å². The molecule has 2 aromatic carbocycles. The second kappa shape index (κ2) is 8.60. The third-order valence-corrected chi connectivity index (χ3v) is 6.49. The van der Waals surface area contributed by atoms with Crippen molar-refractivity contribution in [1.82, 2.24) is 4.72 Å². The Hall–Kier alpha value is -0.430. The van der Waals surface area contributed by atoms with Gasteiger partial charge in [-0.15, -0.1) is 0 Å². The van der Waals surface area contributed by atoms with Crippen molar-refractivity contribution < 1.29 is 8.42 Å². The fourth-order valence-electron chi connectivity index (χ4n) is 1.81. The second-order valence-electron chi connectivity index (χ2n) is 4.62. The van der Waals surface area contributed by atoms with E-state index in [1.54, 1.807) is 17.8 Å². The Morgan fingerprint density at radius 1 is 1.00 bits per heavy atom. The highest BCUT2D eigenvalue weighted by molar-refractivity contribution is 7.98. The topological polar surface area (TPSA) is 46.2 Å². The van der Waals surface area contributed by atoms with E-state index < -0.39 is 10.0 Å². The SMILES string of the molecule is O=S(=O)(NCCSCc1ccccc1Cl)c1cc(Cl)ccc1Cl. The van der Waals surface area contributed by atoms with E-state index in [9.17, 15) is 8.42 Å². The molecule has 0 aliphatic carbocycles. The molecule has 8 heteroatoms. The van der Waals surface area contributed by atoms with Crippen molar-refractivity contribution in [2.24, 2.45) is 0 Å². The minimum absolute atomic E-state index is 0.0113. The van der Waals surface area contributed by atoms with Gasteiger partial charge in [-0.25, -0.2) is 13.1 Å². The monoisotopic (exact) mass is 409 g/mol. The van der Waals surface area contributed by atoms with Crippen molar-refractivity contribution in [2.45, 2.75) is 10.6 Å². The Bertz CT molecular complexity index is 782. The molecule has 0 spiro atoms. The van der Waals surface area contributed by atoms with Gasteiger partial charge in [0.15, 0.2) is 0 Å².